The molecule has 0 spiro atoms. The molecule has 0 aliphatic carbocycles. The summed E-state index contributed by atoms with van der Waals surface area (Å²) in [5, 5.41) is 3.39. The molecule has 1 N–H and O–H groups in total. The Hall–Kier alpha value is -1.16. The van der Waals surface area contributed by atoms with E-state index in [2.05, 4.69) is 36.0 Å². The van der Waals surface area contributed by atoms with Crippen LogP contribution in [0, 0.1) is 11.7 Å². The molecule has 1 aromatic heterocycles. The number of nitrogens with zero attached hydrogens (tertiary/aromatic N) is 2. The molecule has 4 heteroatoms. The quantitative estimate of drug-likeness (QED) is 0.865. The molecule has 1 unspecified atom stereocenters. The third kappa shape index (κ3) is 3.69. The van der Waals surface area contributed by atoms with E-state index in [0.717, 1.165) is 30.9 Å². The molecule has 1 aliphatic heterocycles. The molecule has 112 valence electrons. The fraction of sp³-hybridized carbons (Fsp3) is 0.688. The molecular weight excluding hydrogens is 253 g/mol. The van der Waals surface area contributed by atoms with Crippen LogP contribution in [0.3, 0.4) is 0 Å². The molecule has 1 atom stereocenters. The van der Waals surface area contributed by atoms with Gasteiger partial charge in [0.05, 0.1) is 6.20 Å². The van der Waals surface area contributed by atoms with Crippen molar-refractivity contribution in [1.29, 1.82) is 0 Å². The van der Waals surface area contributed by atoms with Gasteiger partial charge in [-0.2, -0.15) is 0 Å². The van der Waals surface area contributed by atoms with E-state index in [-0.39, 0.29) is 5.82 Å². The number of hydrogen-bond acceptors (Lipinski definition) is 3. The van der Waals surface area contributed by atoms with E-state index in [1.807, 2.05) is 0 Å². The van der Waals surface area contributed by atoms with Crippen LogP contribution < -0.4 is 10.2 Å². The molecule has 0 radical (unpaired) electrons. The van der Waals surface area contributed by atoms with Gasteiger partial charge in [-0.3, -0.25) is 0 Å². The molecule has 20 heavy (non-hydrogen) atoms. The second-order valence-corrected chi connectivity index (χ2v) is 6.06. The lowest BCUT2D eigenvalue weighted by Crippen LogP contribution is -2.31. The van der Waals surface area contributed by atoms with Gasteiger partial charge in [0.25, 0.3) is 0 Å². The normalized spacial score (nSPS) is 19.1. The monoisotopic (exact) mass is 279 g/mol. The molecular formula is C16H26FN3. The fourth-order valence-electron chi connectivity index (χ4n) is 2.90. The maximum absolute atomic E-state index is 13.5. The van der Waals surface area contributed by atoms with Crippen molar-refractivity contribution in [3.63, 3.8) is 0 Å². The van der Waals surface area contributed by atoms with Gasteiger partial charge in [-0.15, -0.1) is 0 Å². The molecule has 1 fully saturated rings. The second-order valence-electron chi connectivity index (χ2n) is 6.06. The first-order valence-electron chi connectivity index (χ1n) is 7.73. The summed E-state index contributed by atoms with van der Waals surface area (Å²) in [7, 11) is 0. The summed E-state index contributed by atoms with van der Waals surface area (Å²) in [6.45, 7) is 9.21. The van der Waals surface area contributed by atoms with Crippen LogP contribution in [0.25, 0.3) is 0 Å². The summed E-state index contributed by atoms with van der Waals surface area (Å²) in [6, 6.07) is 2.18. The maximum atomic E-state index is 13.5. The van der Waals surface area contributed by atoms with Gasteiger partial charge in [-0.05, 0) is 37.8 Å². The number of halogens is 1. The number of pyridine rings is 1. The molecule has 2 heterocycles. The predicted octanol–water partition coefficient (Wildman–Crippen LogP) is 3.35. The summed E-state index contributed by atoms with van der Waals surface area (Å²) in [4.78, 5) is 6.72. The summed E-state index contributed by atoms with van der Waals surface area (Å²) < 4.78 is 13.5. The second kappa shape index (κ2) is 7.02. The lowest BCUT2D eigenvalue weighted by molar-refractivity contribution is 0.546. The standard InChI is InChI=1S/C16H26FN3/c1-4-15-6-5-7-20(15)16-13(8-14(17)11-19-16)10-18-9-12(2)3/h8,11-12,15,18H,4-7,9-10H2,1-3H3. The van der Waals surface area contributed by atoms with Crippen LogP contribution in [-0.4, -0.2) is 24.1 Å². The van der Waals surface area contributed by atoms with Crippen LogP contribution >= 0.6 is 0 Å². The Morgan fingerprint density at radius 2 is 2.30 bits per heavy atom. The van der Waals surface area contributed by atoms with Gasteiger partial charge in [0.1, 0.15) is 11.6 Å². The van der Waals surface area contributed by atoms with Gasteiger partial charge < -0.3 is 10.2 Å². The summed E-state index contributed by atoms with van der Waals surface area (Å²) in [6.07, 6.45) is 4.88. The number of aromatic nitrogens is 1. The first-order chi connectivity index (χ1) is 9.61. The Morgan fingerprint density at radius 3 is 3.00 bits per heavy atom. The first-order valence-corrected chi connectivity index (χ1v) is 7.73. The van der Waals surface area contributed by atoms with E-state index in [4.69, 9.17) is 0 Å². The average Bonchev–Trinajstić information content (AvgIpc) is 2.86. The SMILES string of the molecule is CCC1CCCN1c1ncc(F)cc1CNCC(C)C. The van der Waals surface area contributed by atoms with Crippen LogP contribution in [-0.2, 0) is 6.54 Å². The largest absolute Gasteiger partial charge is 0.353 e. The Bertz CT molecular complexity index is 434. The van der Waals surface area contributed by atoms with Gasteiger partial charge in [-0.25, -0.2) is 9.37 Å². The average molecular weight is 279 g/mol. The molecule has 0 aromatic carbocycles. The van der Waals surface area contributed by atoms with Crippen LogP contribution in [0.4, 0.5) is 10.2 Å². The number of hydrogen-bond donors (Lipinski definition) is 1. The van der Waals surface area contributed by atoms with Crippen molar-refractivity contribution >= 4 is 5.82 Å². The molecule has 1 aliphatic rings. The number of nitrogens with one attached hydrogen (secondary N) is 1. The van der Waals surface area contributed by atoms with Gasteiger partial charge in [0, 0.05) is 24.7 Å². The number of rotatable bonds is 6. The van der Waals surface area contributed by atoms with Crippen molar-refractivity contribution < 1.29 is 4.39 Å². The van der Waals surface area contributed by atoms with E-state index < -0.39 is 0 Å². The minimum absolute atomic E-state index is 0.248. The minimum atomic E-state index is -0.248. The Kier molecular flexibility index (Phi) is 5.35. The van der Waals surface area contributed by atoms with E-state index >= 15 is 0 Å². The third-order valence-electron chi connectivity index (χ3n) is 3.90. The lowest BCUT2D eigenvalue weighted by atomic mass is 10.1. The topological polar surface area (TPSA) is 28.2 Å². The maximum Gasteiger partial charge on any atom is 0.141 e. The minimum Gasteiger partial charge on any atom is -0.353 e. The zero-order chi connectivity index (χ0) is 14.5. The highest BCUT2D eigenvalue weighted by molar-refractivity contribution is 5.48. The highest BCUT2D eigenvalue weighted by Gasteiger charge is 2.26. The fourth-order valence-corrected chi connectivity index (χ4v) is 2.90. The molecule has 1 aromatic rings. The van der Waals surface area contributed by atoms with Gasteiger partial charge >= 0.3 is 0 Å². The van der Waals surface area contributed by atoms with Gasteiger partial charge in [0.15, 0.2) is 0 Å². The first kappa shape index (κ1) is 15.2. The van der Waals surface area contributed by atoms with E-state index in [0.29, 0.717) is 18.5 Å². The zero-order valence-corrected chi connectivity index (χ0v) is 12.8. The van der Waals surface area contributed by atoms with Crippen LogP contribution in [0.15, 0.2) is 12.3 Å². The van der Waals surface area contributed by atoms with Crippen LogP contribution in [0.2, 0.25) is 0 Å². The molecule has 3 nitrogen and oxygen atoms in total. The predicted molar refractivity (Wildman–Crippen MR) is 81.4 cm³/mol. The zero-order valence-electron chi connectivity index (χ0n) is 12.8. The van der Waals surface area contributed by atoms with Crippen LogP contribution in [0.5, 0.6) is 0 Å². The Labute approximate surface area is 121 Å². The van der Waals surface area contributed by atoms with Gasteiger partial charge in [0.2, 0.25) is 0 Å². The summed E-state index contributed by atoms with van der Waals surface area (Å²) in [5.41, 5.74) is 0.978. The molecule has 0 saturated carbocycles. The van der Waals surface area contributed by atoms with Crippen molar-refractivity contribution in [2.24, 2.45) is 5.92 Å². The summed E-state index contributed by atoms with van der Waals surface area (Å²) in [5.74, 6) is 1.31. The van der Waals surface area contributed by atoms with E-state index in [1.165, 1.54) is 19.0 Å². The van der Waals surface area contributed by atoms with Crippen LogP contribution in [0.1, 0.15) is 45.6 Å². The van der Waals surface area contributed by atoms with Crippen molar-refractivity contribution in [2.45, 2.75) is 52.6 Å². The highest BCUT2D eigenvalue weighted by atomic mass is 19.1. The van der Waals surface area contributed by atoms with Crippen molar-refractivity contribution in [3.8, 4) is 0 Å². The van der Waals surface area contributed by atoms with E-state index in [9.17, 15) is 4.39 Å². The van der Waals surface area contributed by atoms with Gasteiger partial charge in [-0.1, -0.05) is 20.8 Å². The Balaban J connectivity index is 2.14. The van der Waals surface area contributed by atoms with Crippen molar-refractivity contribution in [2.75, 3.05) is 18.0 Å². The summed E-state index contributed by atoms with van der Waals surface area (Å²) >= 11 is 0. The Morgan fingerprint density at radius 1 is 1.50 bits per heavy atom. The van der Waals surface area contributed by atoms with Crippen molar-refractivity contribution in [3.05, 3.63) is 23.6 Å². The third-order valence-corrected chi connectivity index (χ3v) is 3.90. The van der Waals surface area contributed by atoms with E-state index in [1.54, 1.807) is 6.07 Å². The molecule has 0 bridgehead atoms. The lowest BCUT2D eigenvalue weighted by Gasteiger charge is -2.27. The molecule has 2 rings (SSSR count). The van der Waals surface area contributed by atoms with Crippen molar-refractivity contribution in [1.82, 2.24) is 10.3 Å². The molecule has 0 amide bonds. The smallest absolute Gasteiger partial charge is 0.141 e. The number of anilines is 1. The molecule has 1 saturated heterocycles. The highest BCUT2D eigenvalue weighted by Crippen LogP contribution is 2.28.